The Morgan fingerprint density at radius 1 is 1.16 bits per heavy atom. The SMILES string of the molecule is Cc1ccc(NC(=O)Cn2nc3ccc(SC(C)C)nn3c2=O)cc1. The molecule has 25 heavy (non-hydrogen) atoms. The summed E-state index contributed by atoms with van der Waals surface area (Å²) in [5.74, 6) is -0.314. The second-order valence-corrected chi connectivity index (χ2v) is 7.56. The lowest BCUT2D eigenvalue weighted by molar-refractivity contribution is -0.117. The molecule has 0 saturated heterocycles. The van der Waals surface area contributed by atoms with Gasteiger partial charge in [-0.3, -0.25) is 4.79 Å². The van der Waals surface area contributed by atoms with Crippen LogP contribution < -0.4 is 11.0 Å². The van der Waals surface area contributed by atoms with Crippen LogP contribution in [-0.4, -0.2) is 30.6 Å². The van der Waals surface area contributed by atoms with E-state index >= 15 is 0 Å². The Morgan fingerprint density at radius 3 is 2.56 bits per heavy atom. The van der Waals surface area contributed by atoms with E-state index in [0.717, 1.165) is 15.3 Å². The van der Waals surface area contributed by atoms with E-state index in [9.17, 15) is 9.59 Å². The second kappa shape index (κ2) is 7.10. The fourth-order valence-electron chi connectivity index (χ4n) is 2.27. The van der Waals surface area contributed by atoms with Gasteiger partial charge in [0.1, 0.15) is 11.6 Å². The minimum atomic E-state index is -0.430. The average molecular weight is 357 g/mol. The number of carbonyl (C=O) groups is 1. The largest absolute Gasteiger partial charge is 0.367 e. The van der Waals surface area contributed by atoms with Gasteiger partial charge in [-0.05, 0) is 31.2 Å². The summed E-state index contributed by atoms with van der Waals surface area (Å²) in [5.41, 5.74) is 1.78. The molecular formula is C17H19N5O2S. The average Bonchev–Trinajstić information content (AvgIpc) is 2.85. The third-order valence-electron chi connectivity index (χ3n) is 3.40. The zero-order valence-electron chi connectivity index (χ0n) is 14.3. The number of benzene rings is 1. The number of carbonyl (C=O) groups excluding carboxylic acids is 1. The Bertz CT molecular complexity index is 959. The molecule has 1 aromatic carbocycles. The first-order valence-electron chi connectivity index (χ1n) is 7.92. The van der Waals surface area contributed by atoms with Crippen molar-refractivity contribution in [1.82, 2.24) is 19.4 Å². The van der Waals surface area contributed by atoms with Crippen LogP contribution in [0.25, 0.3) is 5.65 Å². The van der Waals surface area contributed by atoms with Gasteiger partial charge in [-0.1, -0.05) is 31.5 Å². The predicted molar refractivity (Wildman–Crippen MR) is 98.0 cm³/mol. The second-order valence-electron chi connectivity index (χ2n) is 5.96. The van der Waals surface area contributed by atoms with E-state index in [2.05, 4.69) is 29.4 Å². The van der Waals surface area contributed by atoms with Gasteiger partial charge in [-0.15, -0.1) is 16.9 Å². The monoisotopic (exact) mass is 357 g/mol. The number of hydrogen-bond acceptors (Lipinski definition) is 5. The molecule has 0 bridgehead atoms. The van der Waals surface area contributed by atoms with Crippen molar-refractivity contribution in [2.45, 2.75) is 37.6 Å². The van der Waals surface area contributed by atoms with Crippen LogP contribution in [0.3, 0.4) is 0 Å². The van der Waals surface area contributed by atoms with Crippen molar-refractivity contribution in [2.75, 3.05) is 5.32 Å². The van der Waals surface area contributed by atoms with Crippen LogP contribution >= 0.6 is 11.8 Å². The summed E-state index contributed by atoms with van der Waals surface area (Å²) >= 11 is 1.56. The molecule has 1 N–H and O–H groups in total. The van der Waals surface area contributed by atoms with Crippen molar-refractivity contribution in [3.63, 3.8) is 0 Å². The molecule has 7 nitrogen and oxygen atoms in total. The maximum atomic E-state index is 12.4. The maximum absolute atomic E-state index is 12.4. The molecule has 0 unspecified atom stereocenters. The normalized spacial score (nSPS) is 11.2. The smallest absolute Gasteiger partial charge is 0.324 e. The molecule has 2 heterocycles. The number of nitrogens with zero attached hydrogens (tertiary/aromatic N) is 4. The van der Waals surface area contributed by atoms with Crippen LogP contribution in [0.2, 0.25) is 0 Å². The zero-order valence-corrected chi connectivity index (χ0v) is 15.1. The fraction of sp³-hybridized carbons (Fsp3) is 0.294. The van der Waals surface area contributed by atoms with Crippen molar-refractivity contribution in [2.24, 2.45) is 0 Å². The Labute approximate surface area is 149 Å². The topological polar surface area (TPSA) is 81.3 Å². The highest BCUT2D eigenvalue weighted by Crippen LogP contribution is 2.19. The summed E-state index contributed by atoms with van der Waals surface area (Å²) in [6, 6.07) is 11.0. The molecule has 3 rings (SSSR count). The number of anilines is 1. The summed E-state index contributed by atoms with van der Waals surface area (Å²) in [6.45, 7) is 5.92. The van der Waals surface area contributed by atoms with Crippen LogP contribution in [0.5, 0.6) is 0 Å². The van der Waals surface area contributed by atoms with Gasteiger partial charge in [-0.2, -0.15) is 9.61 Å². The molecule has 2 aromatic heterocycles. The van der Waals surface area contributed by atoms with Crippen molar-refractivity contribution in [3.8, 4) is 0 Å². The molecule has 0 fully saturated rings. The van der Waals surface area contributed by atoms with E-state index in [4.69, 9.17) is 0 Å². The maximum Gasteiger partial charge on any atom is 0.367 e. The first-order valence-corrected chi connectivity index (χ1v) is 8.80. The van der Waals surface area contributed by atoms with Crippen molar-refractivity contribution < 1.29 is 4.79 Å². The number of thioether (sulfide) groups is 1. The molecule has 1 amide bonds. The highest BCUT2D eigenvalue weighted by Gasteiger charge is 2.13. The summed E-state index contributed by atoms with van der Waals surface area (Å²) < 4.78 is 2.35. The van der Waals surface area contributed by atoms with Crippen LogP contribution in [0.4, 0.5) is 5.69 Å². The number of fused-ring (bicyclic) bond motifs is 1. The third-order valence-corrected chi connectivity index (χ3v) is 4.33. The number of hydrogen-bond donors (Lipinski definition) is 1. The molecule has 8 heteroatoms. The third kappa shape index (κ3) is 4.08. The lowest BCUT2D eigenvalue weighted by atomic mass is 10.2. The molecule has 130 valence electrons. The lowest BCUT2D eigenvalue weighted by Crippen LogP contribution is -2.28. The Kier molecular flexibility index (Phi) is 4.89. The van der Waals surface area contributed by atoms with E-state index in [1.807, 2.05) is 37.3 Å². The van der Waals surface area contributed by atoms with E-state index < -0.39 is 5.69 Å². The van der Waals surface area contributed by atoms with E-state index in [-0.39, 0.29) is 12.5 Å². The molecule has 0 aliphatic heterocycles. The minimum Gasteiger partial charge on any atom is -0.324 e. The number of nitrogens with one attached hydrogen (secondary N) is 1. The summed E-state index contributed by atoms with van der Waals surface area (Å²) in [6.07, 6.45) is 0. The zero-order chi connectivity index (χ0) is 18.0. The van der Waals surface area contributed by atoms with Crippen molar-refractivity contribution in [1.29, 1.82) is 0 Å². The van der Waals surface area contributed by atoms with Gasteiger partial charge in [0.15, 0.2) is 5.65 Å². The summed E-state index contributed by atoms with van der Waals surface area (Å²) in [5, 5.41) is 12.3. The van der Waals surface area contributed by atoms with Crippen molar-refractivity contribution in [3.05, 3.63) is 52.4 Å². The molecule has 0 radical (unpaired) electrons. The number of aromatic nitrogens is 4. The predicted octanol–water partition coefficient (Wildman–Crippen LogP) is 2.34. The van der Waals surface area contributed by atoms with Crippen LogP contribution in [-0.2, 0) is 11.3 Å². The van der Waals surface area contributed by atoms with Gasteiger partial charge in [0, 0.05) is 10.9 Å². The van der Waals surface area contributed by atoms with E-state index in [1.54, 1.807) is 17.8 Å². The molecule has 0 aliphatic rings. The molecule has 0 atom stereocenters. The highest BCUT2D eigenvalue weighted by molar-refractivity contribution is 7.99. The number of aryl methyl sites for hydroxylation is 1. The van der Waals surface area contributed by atoms with E-state index in [0.29, 0.717) is 16.6 Å². The molecule has 3 aromatic rings. The van der Waals surface area contributed by atoms with Gasteiger partial charge in [0.2, 0.25) is 5.91 Å². The Balaban J connectivity index is 1.79. The lowest BCUT2D eigenvalue weighted by Gasteiger charge is -2.04. The van der Waals surface area contributed by atoms with Gasteiger partial charge in [-0.25, -0.2) is 9.48 Å². The van der Waals surface area contributed by atoms with Gasteiger partial charge >= 0.3 is 5.69 Å². The first kappa shape index (κ1) is 17.2. The van der Waals surface area contributed by atoms with Crippen LogP contribution in [0.15, 0.2) is 46.2 Å². The molecule has 0 saturated carbocycles. The standard InChI is InChI=1S/C17H19N5O2S/c1-11(2)25-16-9-8-14-19-21(17(24)22(14)20-16)10-15(23)18-13-6-4-12(3)5-7-13/h4-9,11H,10H2,1-3H3,(H,18,23). The quantitative estimate of drug-likeness (QED) is 0.709. The molecule has 0 aliphatic carbocycles. The van der Waals surface area contributed by atoms with Gasteiger partial charge in [0.25, 0.3) is 0 Å². The fourth-order valence-corrected chi connectivity index (χ4v) is 3.03. The summed E-state index contributed by atoms with van der Waals surface area (Å²) in [4.78, 5) is 24.6. The Morgan fingerprint density at radius 2 is 1.88 bits per heavy atom. The minimum absolute atomic E-state index is 0.164. The van der Waals surface area contributed by atoms with E-state index in [1.165, 1.54) is 4.52 Å². The highest BCUT2D eigenvalue weighted by atomic mass is 32.2. The molecule has 0 spiro atoms. The Hall–Kier alpha value is -2.61. The summed E-state index contributed by atoms with van der Waals surface area (Å²) in [7, 11) is 0. The number of amides is 1. The first-order chi connectivity index (χ1) is 11.9. The van der Waals surface area contributed by atoms with Crippen LogP contribution in [0, 0.1) is 6.92 Å². The van der Waals surface area contributed by atoms with Gasteiger partial charge < -0.3 is 5.32 Å². The molecular weight excluding hydrogens is 338 g/mol. The van der Waals surface area contributed by atoms with Gasteiger partial charge in [0.05, 0.1) is 0 Å². The van der Waals surface area contributed by atoms with Crippen molar-refractivity contribution >= 4 is 29.0 Å². The van der Waals surface area contributed by atoms with Crippen LogP contribution in [0.1, 0.15) is 19.4 Å². The number of rotatable bonds is 5.